The van der Waals surface area contributed by atoms with Crippen LogP contribution in [0.4, 0.5) is 0 Å². The van der Waals surface area contributed by atoms with Gasteiger partial charge >= 0.3 is 0 Å². The number of amides is 1. The average molecular weight is 337 g/mol. The SMILES string of the molecule is Cc1cc(C(=O)N[C@@H]2[C@@H](Cc3ccccc3)[C@H]3OCC[C@@H]23)nc(C)n1. The van der Waals surface area contributed by atoms with Gasteiger partial charge in [0.1, 0.15) is 11.5 Å². The van der Waals surface area contributed by atoms with Crippen LogP contribution in [0.1, 0.15) is 34.0 Å². The number of rotatable bonds is 4. The van der Waals surface area contributed by atoms with Gasteiger partial charge in [-0.3, -0.25) is 4.79 Å². The zero-order chi connectivity index (χ0) is 17.4. The highest BCUT2D eigenvalue weighted by atomic mass is 16.5. The first-order chi connectivity index (χ1) is 12.1. The van der Waals surface area contributed by atoms with Crippen LogP contribution in [0, 0.1) is 25.7 Å². The lowest BCUT2D eigenvalue weighted by Gasteiger charge is -2.48. The third-order valence-corrected chi connectivity index (χ3v) is 5.34. The molecule has 25 heavy (non-hydrogen) atoms. The predicted molar refractivity (Wildman–Crippen MR) is 94.2 cm³/mol. The molecule has 1 aromatic carbocycles. The summed E-state index contributed by atoms with van der Waals surface area (Å²) in [6, 6.07) is 12.3. The molecule has 4 rings (SSSR count). The Morgan fingerprint density at radius 1 is 1.24 bits per heavy atom. The normalized spacial score (nSPS) is 27.4. The molecule has 2 aromatic rings. The molecular formula is C20H23N3O2. The lowest BCUT2D eigenvalue weighted by atomic mass is 9.64. The summed E-state index contributed by atoms with van der Waals surface area (Å²) >= 11 is 0. The number of carbonyl (C=O) groups excluding carboxylic acids is 1. The Kier molecular flexibility index (Phi) is 4.25. The Balaban J connectivity index is 1.50. The van der Waals surface area contributed by atoms with E-state index in [-0.39, 0.29) is 18.1 Å². The minimum absolute atomic E-state index is 0.109. The van der Waals surface area contributed by atoms with Crippen LogP contribution in [0.3, 0.4) is 0 Å². The van der Waals surface area contributed by atoms with Gasteiger partial charge in [-0.25, -0.2) is 9.97 Å². The first kappa shape index (κ1) is 16.2. The number of hydrogen-bond acceptors (Lipinski definition) is 4. The molecule has 1 aliphatic heterocycles. The summed E-state index contributed by atoms with van der Waals surface area (Å²) in [5, 5.41) is 3.22. The second kappa shape index (κ2) is 6.56. The van der Waals surface area contributed by atoms with E-state index >= 15 is 0 Å². The Morgan fingerprint density at radius 2 is 2.04 bits per heavy atom. The maximum Gasteiger partial charge on any atom is 0.270 e. The first-order valence-corrected chi connectivity index (χ1v) is 8.90. The molecule has 1 saturated heterocycles. The molecule has 1 amide bonds. The summed E-state index contributed by atoms with van der Waals surface area (Å²) < 4.78 is 5.92. The monoisotopic (exact) mass is 337 g/mol. The van der Waals surface area contributed by atoms with Gasteiger partial charge in [0, 0.05) is 30.2 Å². The van der Waals surface area contributed by atoms with E-state index in [4.69, 9.17) is 4.74 Å². The van der Waals surface area contributed by atoms with Crippen molar-refractivity contribution in [1.29, 1.82) is 0 Å². The second-order valence-corrected chi connectivity index (χ2v) is 7.08. The molecule has 2 aliphatic rings. The molecule has 5 nitrogen and oxygen atoms in total. The fourth-order valence-electron chi connectivity index (χ4n) is 4.23. The molecule has 5 heteroatoms. The smallest absolute Gasteiger partial charge is 0.270 e. The first-order valence-electron chi connectivity index (χ1n) is 8.90. The third kappa shape index (κ3) is 3.16. The van der Waals surface area contributed by atoms with Crippen molar-refractivity contribution in [3.05, 3.63) is 59.2 Å². The van der Waals surface area contributed by atoms with E-state index in [9.17, 15) is 4.79 Å². The molecule has 2 fully saturated rings. The van der Waals surface area contributed by atoms with Crippen LogP contribution in [0.5, 0.6) is 0 Å². The average Bonchev–Trinajstić information content (AvgIpc) is 3.02. The summed E-state index contributed by atoms with van der Waals surface area (Å²) in [5.41, 5.74) is 2.55. The molecule has 0 bridgehead atoms. The van der Waals surface area contributed by atoms with Crippen LogP contribution in [0.25, 0.3) is 0 Å². The van der Waals surface area contributed by atoms with E-state index in [0.717, 1.165) is 25.1 Å². The summed E-state index contributed by atoms with van der Waals surface area (Å²) in [7, 11) is 0. The van der Waals surface area contributed by atoms with Crippen molar-refractivity contribution in [2.45, 2.75) is 38.8 Å². The van der Waals surface area contributed by atoms with Crippen molar-refractivity contribution < 1.29 is 9.53 Å². The summed E-state index contributed by atoms with van der Waals surface area (Å²) in [5.74, 6) is 1.26. The van der Waals surface area contributed by atoms with Gasteiger partial charge in [0.05, 0.1) is 6.10 Å². The minimum atomic E-state index is -0.109. The van der Waals surface area contributed by atoms with E-state index in [1.165, 1.54) is 5.56 Å². The van der Waals surface area contributed by atoms with Gasteiger partial charge in [-0.15, -0.1) is 0 Å². The molecule has 4 atom stereocenters. The Morgan fingerprint density at radius 3 is 2.80 bits per heavy atom. The topological polar surface area (TPSA) is 64.1 Å². The molecule has 0 spiro atoms. The highest BCUT2D eigenvalue weighted by molar-refractivity contribution is 5.92. The molecular weight excluding hydrogens is 314 g/mol. The predicted octanol–water partition coefficient (Wildman–Crippen LogP) is 2.47. The van der Waals surface area contributed by atoms with Crippen LogP contribution in [-0.2, 0) is 11.2 Å². The fraction of sp³-hybridized carbons (Fsp3) is 0.450. The molecule has 1 saturated carbocycles. The number of aryl methyl sites for hydroxylation is 2. The number of benzene rings is 1. The van der Waals surface area contributed by atoms with E-state index in [1.54, 1.807) is 6.07 Å². The molecule has 0 unspecified atom stereocenters. The van der Waals surface area contributed by atoms with Crippen LogP contribution in [0.2, 0.25) is 0 Å². The van der Waals surface area contributed by atoms with Gasteiger partial charge in [-0.1, -0.05) is 30.3 Å². The van der Waals surface area contributed by atoms with Crippen molar-refractivity contribution in [2.75, 3.05) is 6.61 Å². The van der Waals surface area contributed by atoms with Crippen LogP contribution in [-0.4, -0.2) is 34.6 Å². The van der Waals surface area contributed by atoms with Gasteiger partial charge in [-0.05, 0) is 38.3 Å². The highest BCUT2D eigenvalue weighted by Gasteiger charge is 2.54. The molecule has 1 N–H and O–H groups in total. The van der Waals surface area contributed by atoms with Crippen molar-refractivity contribution in [3.8, 4) is 0 Å². The Hall–Kier alpha value is -2.27. The zero-order valence-corrected chi connectivity index (χ0v) is 14.6. The van der Waals surface area contributed by atoms with E-state index < -0.39 is 0 Å². The number of carbonyl (C=O) groups is 1. The number of ether oxygens (including phenoxy) is 1. The van der Waals surface area contributed by atoms with Gasteiger partial charge in [0.25, 0.3) is 5.91 Å². The Labute approximate surface area is 147 Å². The quantitative estimate of drug-likeness (QED) is 0.931. The number of hydrogen-bond donors (Lipinski definition) is 1. The standard InChI is InChI=1S/C20H23N3O2/c1-12-10-17(22-13(2)21-12)20(24)23-18-15-8-9-25-19(15)16(18)11-14-6-4-3-5-7-14/h3-7,10,15-16,18-19H,8-9,11H2,1-2H3,(H,23,24)/t15-,16+,18-,19-/m0/s1. The van der Waals surface area contributed by atoms with Gasteiger partial charge in [0.2, 0.25) is 0 Å². The lowest BCUT2D eigenvalue weighted by Crippen LogP contribution is -2.62. The maximum absolute atomic E-state index is 12.7. The fourth-order valence-corrected chi connectivity index (χ4v) is 4.23. The summed E-state index contributed by atoms with van der Waals surface area (Å²) in [6.45, 7) is 4.48. The maximum atomic E-state index is 12.7. The molecule has 0 radical (unpaired) electrons. The van der Waals surface area contributed by atoms with Crippen molar-refractivity contribution in [1.82, 2.24) is 15.3 Å². The number of fused-ring (bicyclic) bond motifs is 1. The minimum Gasteiger partial charge on any atom is -0.377 e. The second-order valence-electron chi connectivity index (χ2n) is 7.08. The number of aromatic nitrogens is 2. The van der Waals surface area contributed by atoms with Crippen molar-refractivity contribution in [3.63, 3.8) is 0 Å². The van der Waals surface area contributed by atoms with Gasteiger partial charge in [0.15, 0.2) is 0 Å². The highest BCUT2D eigenvalue weighted by Crippen LogP contribution is 2.45. The van der Waals surface area contributed by atoms with Crippen LogP contribution in [0.15, 0.2) is 36.4 Å². The van der Waals surface area contributed by atoms with E-state index in [1.807, 2.05) is 19.9 Å². The zero-order valence-electron chi connectivity index (χ0n) is 14.6. The molecule has 130 valence electrons. The molecule has 1 aromatic heterocycles. The van der Waals surface area contributed by atoms with Gasteiger partial charge < -0.3 is 10.1 Å². The van der Waals surface area contributed by atoms with Crippen molar-refractivity contribution in [2.24, 2.45) is 11.8 Å². The van der Waals surface area contributed by atoms with E-state index in [2.05, 4.69) is 39.6 Å². The lowest BCUT2D eigenvalue weighted by molar-refractivity contribution is -0.0528. The van der Waals surface area contributed by atoms with Crippen molar-refractivity contribution >= 4 is 5.91 Å². The van der Waals surface area contributed by atoms with Gasteiger partial charge in [-0.2, -0.15) is 0 Å². The summed E-state index contributed by atoms with van der Waals surface area (Å²) in [4.78, 5) is 21.2. The third-order valence-electron chi connectivity index (χ3n) is 5.34. The number of nitrogens with one attached hydrogen (secondary N) is 1. The number of nitrogens with zero attached hydrogens (tertiary/aromatic N) is 2. The largest absolute Gasteiger partial charge is 0.377 e. The molecule has 1 aliphatic carbocycles. The Bertz CT molecular complexity index is 758. The summed E-state index contributed by atoms with van der Waals surface area (Å²) in [6.07, 6.45) is 2.21. The van der Waals surface area contributed by atoms with Crippen LogP contribution >= 0.6 is 0 Å². The van der Waals surface area contributed by atoms with E-state index in [0.29, 0.717) is 23.4 Å². The molecule has 2 heterocycles. The van der Waals surface area contributed by atoms with Crippen LogP contribution < -0.4 is 5.32 Å².